The lowest BCUT2D eigenvalue weighted by Crippen LogP contribution is -2.40. The maximum atomic E-state index is 12.1. The van der Waals surface area contributed by atoms with Crippen molar-refractivity contribution in [2.24, 2.45) is 0 Å². The minimum absolute atomic E-state index is 0.184. The van der Waals surface area contributed by atoms with Gasteiger partial charge >= 0.3 is 0 Å². The zero-order valence-corrected chi connectivity index (χ0v) is 20.9. The number of aromatic nitrogens is 1. The number of likely N-dealkylation sites (tertiary alicyclic amines) is 1. The molecular weight excluding hydrogens is 410 g/mol. The third-order valence-corrected chi connectivity index (χ3v) is 7.05. The quantitative estimate of drug-likeness (QED) is 0.539. The van der Waals surface area contributed by atoms with Gasteiger partial charge in [0.05, 0.1) is 19.3 Å². The van der Waals surface area contributed by atoms with Crippen LogP contribution in [-0.4, -0.2) is 61.5 Å². The molecule has 2 aromatic carbocycles. The number of ether oxygens (including phenoxy) is 1. The summed E-state index contributed by atoms with van der Waals surface area (Å²) in [7, 11) is 5.39. The number of piperidine rings is 1. The van der Waals surface area contributed by atoms with Crippen molar-refractivity contribution in [1.29, 1.82) is 0 Å². The number of likely N-dealkylation sites (N-methyl/N-ethyl adjacent to an activating group) is 1. The first-order valence-corrected chi connectivity index (χ1v) is 12.0. The number of aromatic amines is 1. The SMILES string of the molecule is COc1cc(-c2[nH]c3ccc(C4CCN(CC(=O)N(C)C)CC4)cc3c2C(C)C)ccc1C. The Morgan fingerprint density at radius 2 is 1.88 bits per heavy atom. The van der Waals surface area contributed by atoms with Crippen LogP contribution < -0.4 is 4.74 Å². The molecule has 0 atom stereocenters. The molecule has 1 aromatic heterocycles. The molecular formula is C28H37N3O2. The first-order chi connectivity index (χ1) is 15.8. The summed E-state index contributed by atoms with van der Waals surface area (Å²) in [5, 5.41) is 1.32. The van der Waals surface area contributed by atoms with E-state index in [1.54, 1.807) is 12.0 Å². The summed E-state index contributed by atoms with van der Waals surface area (Å²) in [6, 6.07) is 13.4. The topological polar surface area (TPSA) is 48.6 Å². The van der Waals surface area contributed by atoms with Gasteiger partial charge in [0.25, 0.3) is 0 Å². The number of fused-ring (bicyclic) bond motifs is 1. The third kappa shape index (κ3) is 4.79. The van der Waals surface area contributed by atoms with E-state index in [1.807, 2.05) is 14.1 Å². The lowest BCUT2D eigenvalue weighted by molar-refractivity contribution is -0.130. The minimum Gasteiger partial charge on any atom is -0.496 e. The summed E-state index contributed by atoms with van der Waals surface area (Å²) in [4.78, 5) is 19.7. The van der Waals surface area contributed by atoms with Gasteiger partial charge in [-0.3, -0.25) is 9.69 Å². The average molecular weight is 448 g/mol. The summed E-state index contributed by atoms with van der Waals surface area (Å²) < 4.78 is 5.58. The summed E-state index contributed by atoms with van der Waals surface area (Å²) in [5.74, 6) is 2.04. The van der Waals surface area contributed by atoms with Gasteiger partial charge in [0.2, 0.25) is 5.91 Å². The summed E-state index contributed by atoms with van der Waals surface area (Å²) >= 11 is 0. The van der Waals surface area contributed by atoms with E-state index in [2.05, 4.69) is 67.1 Å². The van der Waals surface area contributed by atoms with Crippen molar-refractivity contribution in [2.45, 2.75) is 45.4 Å². The standard InChI is InChI=1S/C28H37N3O2/c1-18(2)27-23-15-21(20-11-13-31(14-12-20)17-26(32)30(4)5)9-10-24(23)29-28(27)22-8-7-19(3)25(16-22)33-6/h7-10,15-16,18,20,29H,11-14,17H2,1-6H3. The van der Waals surface area contributed by atoms with Gasteiger partial charge < -0.3 is 14.6 Å². The van der Waals surface area contributed by atoms with E-state index in [4.69, 9.17) is 4.74 Å². The van der Waals surface area contributed by atoms with Crippen LogP contribution in [0.4, 0.5) is 0 Å². The summed E-state index contributed by atoms with van der Waals surface area (Å²) in [6.45, 7) is 9.08. The molecule has 1 N–H and O–H groups in total. The van der Waals surface area contributed by atoms with Crippen molar-refractivity contribution in [3.8, 4) is 17.0 Å². The van der Waals surface area contributed by atoms with Gasteiger partial charge in [-0.25, -0.2) is 0 Å². The van der Waals surface area contributed by atoms with Crippen LogP contribution in [-0.2, 0) is 4.79 Å². The van der Waals surface area contributed by atoms with Gasteiger partial charge in [0.15, 0.2) is 0 Å². The molecule has 0 aliphatic carbocycles. The van der Waals surface area contributed by atoms with Crippen molar-refractivity contribution in [3.05, 3.63) is 53.1 Å². The fourth-order valence-corrected chi connectivity index (χ4v) is 5.04. The molecule has 0 spiro atoms. The molecule has 0 saturated carbocycles. The van der Waals surface area contributed by atoms with Crippen molar-refractivity contribution in [1.82, 2.24) is 14.8 Å². The summed E-state index contributed by atoms with van der Waals surface area (Å²) in [6.07, 6.45) is 2.19. The molecule has 1 aliphatic rings. The highest BCUT2D eigenvalue weighted by Crippen LogP contribution is 2.39. The van der Waals surface area contributed by atoms with Gasteiger partial charge in [-0.2, -0.15) is 0 Å². The molecule has 0 unspecified atom stereocenters. The molecule has 176 valence electrons. The van der Waals surface area contributed by atoms with Gasteiger partial charge in [-0.05, 0) is 79.6 Å². The van der Waals surface area contributed by atoms with Crippen LogP contribution in [0.3, 0.4) is 0 Å². The van der Waals surface area contributed by atoms with E-state index in [0.717, 1.165) is 42.8 Å². The van der Waals surface area contributed by atoms with Crippen molar-refractivity contribution >= 4 is 16.8 Å². The Labute approximate surface area is 197 Å². The van der Waals surface area contributed by atoms with Crippen LogP contribution in [0.15, 0.2) is 36.4 Å². The number of hydrogen-bond acceptors (Lipinski definition) is 3. The van der Waals surface area contributed by atoms with E-state index < -0.39 is 0 Å². The third-order valence-electron chi connectivity index (χ3n) is 7.05. The minimum atomic E-state index is 0.184. The van der Waals surface area contributed by atoms with Gasteiger partial charge in [-0.15, -0.1) is 0 Å². The van der Waals surface area contributed by atoms with E-state index in [1.165, 1.54) is 27.7 Å². The molecule has 3 aromatic rings. The zero-order chi connectivity index (χ0) is 23.7. The Bertz CT molecular complexity index is 1140. The molecule has 0 radical (unpaired) electrons. The maximum absolute atomic E-state index is 12.1. The number of H-pyrrole nitrogens is 1. The largest absolute Gasteiger partial charge is 0.496 e. The van der Waals surface area contributed by atoms with Crippen LogP contribution in [0.1, 0.15) is 55.2 Å². The molecule has 1 aliphatic heterocycles. The number of rotatable bonds is 6. The van der Waals surface area contributed by atoms with Gasteiger partial charge in [0.1, 0.15) is 5.75 Å². The van der Waals surface area contributed by atoms with Crippen LogP contribution in [0.2, 0.25) is 0 Å². The Morgan fingerprint density at radius 3 is 2.52 bits per heavy atom. The number of benzene rings is 2. The summed E-state index contributed by atoms with van der Waals surface area (Å²) in [5.41, 5.74) is 7.46. The Kier molecular flexibility index (Phi) is 6.80. The number of methoxy groups -OCH3 is 1. The smallest absolute Gasteiger partial charge is 0.236 e. The monoisotopic (exact) mass is 447 g/mol. The highest BCUT2D eigenvalue weighted by molar-refractivity contribution is 5.92. The lowest BCUT2D eigenvalue weighted by atomic mass is 9.87. The first-order valence-electron chi connectivity index (χ1n) is 12.0. The highest BCUT2D eigenvalue weighted by Gasteiger charge is 2.24. The van der Waals surface area contributed by atoms with Crippen molar-refractivity contribution in [2.75, 3.05) is 40.8 Å². The first kappa shape index (κ1) is 23.4. The molecule has 1 amide bonds. The van der Waals surface area contributed by atoms with Crippen molar-refractivity contribution < 1.29 is 9.53 Å². The zero-order valence-electron chi connectivity index (χ0n) is 20.9. The number of carbonyl (C=O) groups excluding carboxylic acids is 1. The van der Waals surface area contributed by atoms with E-state index in [0.29, 0.717) is 18.4 Å². The molecule has 1 fully saturated rings. The van der Waals surface area contributed by atoms with E-state index in [9.17, 15) is 4.79 Å². The average Bonchev–Trinajstić information content (AvgIpc) is 3.19. The number of nitrogens with zero attached hydrogens (tertiary/aromatic N) is 2. The maximum Gasteiger partial charge on any atom is 0.236 e. The Morgan fingerprint density at radius 1 is 1.15 bits per heavy atom. The molecule has 1 saturated heterocycles. The highest BCUT2D eigenvalue weighted by atomic mass is 16.5. The van der Waals surface area contributed by atoms with E-state index >= 15 is 0 Å². The molecule has 4 rings (SSSR count). The molecule has 0 bridgehead atoms. The van der Waals surface area contributed by atoms with E-state index in [-0.39, 0.29) is 5.91 Å². The Balaban J connectivity index is 1.62. The normalized spacial score (nSPS) is 15.4. The Hall–Kier alpha value is -2.79. The lowest BCUT2D eigenvalue weighted by Gasteiger charge is -2.32. The molecule has 5 nitrogen and oxygen atoms in total. The van der Waals surface area contributed by atoms with Crippen LogP contribution in [0.25, 0.3) is 22.2 Å². The number of amides is 1. The van der Waals surface area contributed by atoms with Crippen LogP contribution >= 0.6 is 0 Å². The second kappa shape index (κ2) is 9.60. The molecule has 2 heterocycles. The number of aryl methyl sites for hydroxylation is 1. The number of hydrogen-bond donors (Lipinski definition) is 1. The molecule has 33 heavy (non-hydrogen) atoms. The van der Waals surface area contributed by atoms with Gasteiger partial charge in [-0.1, -0.05) is 32.0 Å². The van der Waals surface area contributed by atoms with Crippen LogP contribution in [0.5, 0.6) is 5.75 Å². The van der Waals surface area contributed by atoms with Crippen LogP contribution in [0, 0.1) is 6.92 Å². The van der Waals surface area contributed by atoms with Gasteiger partial charge in [0, 0.05) is 30.6 Å². The predicted octanol–water partition coefficient (Wildman–Crippen LogP) is 5.54. The number of nitrogens with one attached hydrogen (secondary N) is 1. The number of carbonyl (C=O) groups is 1. The molecule has 5 heteroatoms. The second-order valence-electron chi connectivity index (χ2n) is 9.90. The fraction of sp³-hybridized carbons (Fsp3) is 0.464. The van der Waals surface area contributed by atoms with Crippen molar-refractivity contribution in [3.63, 3.8) is 0 Å². The second-order valence-corrected chi connectivity index (χ2v) is 9.90. The predicted molar refractivity (Wildman–Crippen MR) is 136 cm³/mol. The fourth-order valence-electron chi connectivity index (χ4n) is 5.04.